The third kappa shape index (κ3) is 4.42. The van der Waals surface area contributed by atoms with Crippen LogP contribution in [-0.2, 0) is 22.4 Å². The van der Waals surface area contributed by atoms with Gasteiger partial charge in [-0.15, -0.1) is 11.3 Å². The number of quaternary nitrogens is 1. The van der Waals surface area contributed by atoms with Gasteiger partial charge in [-0.2, -0.15) is 0 Å². The van der Waals surface area contributed by atoms with Gasteiger partial charge in [-0.3, -0.25) is 4.79 Å². The second-order valence-corrected chi connectivity index (χ2v) is 9.77. The molecule has 1 aliphatic carbocycles. The Labute approximate surface area is 178 Å². The lowest BCUT2D eigenvalue weighted by molar-refractivity contribution is -0.933. The number of nitrogens with one attached hydrogen (secondary N) is 2. The molecule has 0 radical (unpaired) electrons. The van der Waals surface area contributed by atoms with E-state index in [0.717, 1.165) is 44.1 Å². The van der Waals surface area contributed by atoms with E-state index in [1.165, 1.54) is 40.0 Å². The highest BCUT2D eigenvalue weighted by atomic mass is 32.1. The van der Waals surface area contributed by atoms with Gasteiger partial charge in [0.2, 0.25) is 5.91 Å². The van der Waals surface area contributed by atoms with Crippen molar-refractivity contribution in [2.75, 3.05) is 31.6 Å². The first-order valence-electron chi connectivity index (χ1n) is 11.0. The first-order valence-corrected chi connectivity index (χ1v) is 11.8. The molecule has 1 fully saturated rings. The number of carbonyl (C=O) groups is 1. The van der Waals surface area contributed by atoms with E-state index in [0.29, 0.717) is 5.92 Å². The Balaban J connectivity index is 1.82. The summed E-state index contributed by atoms with van der Waals surface area (Å²) in [5.41, 5.74) is 5.60. The summed E-state index contributed by atoms with van der Waals surface area (Å²) >= 11 is 1.81. The molecule has 0 saturated carbocycles. The molecule has 1 saturated heterocycles. The topological polar surface area (TPSA) is 42.8 Å². The number of carbonyl (C=O) groups excluding carboxylic acids is 1. The molecule has 5 heteroatoms. The summed E-state index contributed by atoms with van der Waals surface area (Å²) in [6.45, 7) is 9.71. The number of hydrogen-bond acceptors (Lipinski definition) is 3. The van der Waals surface area contributed by atoms with Crippen LogP contribution in [0.25, 0.3) is 0 Å². The van der Waals surface area contributed by atoms with Crippen molar-refractivity contribution in [3.8, 4) is 0 Å². The third-order valence-electron chi connectivity index (χ3n) is 6.27. The van der Waals surface area contributed by atoms with Crippen LogP contribution in [0.3, 0.4) is 0 Å². The molecular formula is C24H33N2O2S+. The number of amides is 1. The summed E-state index contributed by atoms with van der Waals surface area (Å²) < 4.78 is 5.67. The molecule has 2 aliphatic rings. The Morgan fingerprint density at radius 2 is 1.72 bits per heavy atom. The van der Waals surface area contributed by atoms with Crippen LogP contribution in [0, 0.1) is 0 Å². The molecule has 29 heavy (non-hydrogen) atoms. The lowest BCUT2D eigenvalue weighted by Crippen LogP contribution is -3.14. The smallest absolute Gasteiger partial charge is 0.221 e. The molecule has 2 N–H and O–H groups in total. The van der Waals surface area contributed by atoms with E-state index >= 15 is 0 Å². The molecule has 2 aromatic rings. The van der Waals surface area contributed by atoms with Crippen molar-refractivity contribution in [1.82, 2.24) is 0 Å². The number of hydrogen-bond donors (Lipinski definition) is 2. The lowest BCUT2D eigenvalue weighted by atomic mass is 9.88. The van der Waals surface area contributed by atoms with Gasteiger partial charge in [0.05, 0.1) is 18.8 Å². The highest BCUT2D eigenvalue weighted by Crippen LogP contribution is 2.42. The Hall–Kier alpha value is -1.69. The Morgan fingerprint density at radius 1 is 1.07 bits per heavy atom. The molecule has 1 aliphatic heterocycles. The van der Waals surface area contributed by atoms with E-state index in [2.05, 4.69) is 43.4 Å². The molecule has 0 bridgehead atoms. The van der Waals surface area contributed by atoms with Gasteiger partial charge in [-0.05, 0) is 42.7 Å². The Kier molecular flexibility index (Phi) is 6.38. The van der Waals surface area contributed by atoms with Crippen molar-refractivity contribution < 1.29 is 14.4 Å². The van der Waals surface area contributed by atoms with Crippen LogP contribution in [0.2, 0.25) is 0 Å². The average molecular weight is 414 g/mol. The van der Waals surface area contributed by atoms with Gasteiger partial charge in [0, 0.05) is 17.4 Å². The standard InChI is InChI=1S/C24H32N2O2S/c1-16(2)18-8-10-19(11-9-18)23(26-12-14-28-15-13-26)22-20-6-4-5-7-21(20)29-24(22)25-17(3)27/h8-11,16,23H,4-7,12-15H2,1-3H3,(H,25,27)/p+1. The molecule has 1 aromatic carbocycles. The van der Waals surface area contributed by atoms with E-state index < -0.39 is 0 Å². The van der Waals surface area contributed by atoms with Gasteiger partial charge in [-0.1, -0.05) is 38.1 Å². The van der Waals surface area contributed by atoms with Crippen LogP contribution in [0.1, 0.15) is 72.7 Å². The fourth-order valence-corrected chi connectivity index (χ4v) is 6.12. The molecular weight excluding hydrogens is 380 g/mol. The summed E-state index contributed by atoms with van der Waals surface area (Å²) in [5, 5.41) is 4.26. The predicted octanol–water partition coefficient (Wildman–Crippen LogP) is 3.71. The van der Waals surface area contributed by atoms with Gasteiger partial charge >= 0.3 is 0 Å². The van der Waals surface area contributed by atoms with Crippen molar-refractivity contribution in [1.29, 1.82) is 0 Å². The van der Waals surface area contributed by atoms with Gasteiger partial charge < -0.3 is 15.0 Å². The second kappa shape index (κ2) is 8.99. The molecule has 4 nitrogen and oxygen atoms in total. The molecule has 4 rings (SSSR count). The van der Waals surface area contributed by atoms with Gasteiger partial charge in [0.25, 0.3) is 0 Å². The zero-order valence-corrected chi connectivity index (χ0v) is 18.7. The minimum absolute atomic E-state index is 0.0238. The van der Waals surface area contributed by atoms with E-state index in [-0.39, 0.29) is 11.9 Å². The second-order valence-electron chi connectivity index (χ2n) is 8.66. The van der Waals surface area contributed by atoms with Crippen LogP contribution in [0.15, 0.2) is 24.3 Å². The maximum Gasteiger partial charge on any atom is 0.221 e. The monoisotopic (exact) mass is 413 g/mol. The largest absolute Gasteiger partial charge is 0.370 e. The number of ether oxygens (including phenoxy) is 1. The van der Waals surface area contributed by atoms with Crippen LogP contribution < -0.4 is 10.2 Å². The Bertz CT molecular complexity index is 851. The average Bonchev–Trinajstić information content (AvgIpc) is 3.07. The van der Waals surface area contributed by atoms with Crippen molar-refractivity contribution >= 4 is 22.2 Å². The van der Waals surface area contributed by atoms with Crippen molar-refractivity contribution in [2.45, 2.75) is 58.4 Å². The number of rotatable bonds is 5. The van der Waals surface area contributed by atoms with E-state index in [9.17, 15) is 4.79 Å². The van der Waals surface area contributed by atoms with E-state index in [1.54, 1.807) is 11.8 Å². The van der Waals surface area contributed by atoms with Crippen molar-refractivity contribution in [3.05, 3.63) is 51.4 Å². The van der Waals surface area contributed by atoms with Crippen molar-refractivity contribution in [3.63, 3.8) is 0 Å². The van der Waals surface area contributed by atoms with Crippen LogP contribution in [-0.4, -0.2) is 32.2 Å². The first-order chi connectivity index (χ1) is 14.0. The van der Waals surface area contributed by atoms with Gasteiger partial charge in [0.15, 0.2) is 0 Å². The number of morpholine rings is 1. The van der Waals surface area contributed by atoms with Gasteiger partial charge in [-0.25, -0.2) is 0 Å². The number of thiophene rings is 1. The minimum Gasteiger partial charge on any atom is -0.370 e. The van der Waals surface area contributed by atoms with E-state index in [4.69, 9.17) is 4.74 Å². The summed E-state index contributed by atoms with van der Waals surface area (Å²) in [5.74, 6) is 0.554. The van der Waals surface area contributed by atoms with E-state index in [1.807, 2.05) is 11.3 Å². The number of fused-ring (bicyclic) bond motifs is 1. The summed E-state index contributed by atoms with van der Waals surface area (Å²) in [4.78, 5) is 15.0. The van der Waals surface area contributed by atoms with Crippen LogP contribution >= 0.6 is 11.3 Å². The normalized spacial score (nSPS) is 18.5. The van der Waals surface area contributed by atoms with Crippen molar-refractivity contribution in [2.24, 2.45) is 0 Å². The Morgan fingerprint density at radius 3 is 2.38 bits per heavy atom. The molecule has 1 amide bonds. The zero-order chi connectivity index (χ0) is 20.4. The molecule has 2 heterocycles. The molecule has 0 spiro atoms. The highest BCUT2D eigenvalue weighted by Gasteiger charge is 2.35. The molecule has 1 unspecified atom stereocenters. The summed E-state index contributed by atoms with van der Waals surface area (Å²) in [7, 11) is 0. The predicted molar refractivity (Wildman–Crippen MR) is 119 cm³/mol. The number of benzene rings is 1. The summed E-state index contributed by atoms with van der Waals surface area (Å²) in [6, 6.07) is 9.44. The summed E-state index contributed by atoms with van der Waals surface area (Å²) in [6.07, 6.45) is 4.77. The van der Waals surface area contributed by atoms with Crippen LogP contribution in [0.5, 0.6) is 0 Å². The van der Waals surface area contributed by atoms with Gasteiger partial charge in [0.1, 0.15) is 24.1 Å². The fourth-order valence-electron chi connectivity index (χ4n) is 4.75. The zero-order valence-electron chi connectivity index (χ0n) is 17.8. The lowest BCUT2D eigenvalue weighted by Gasteiger charge is -2.33. The number of aryl methyl sites for hydroxylation is 1. The maximum absolute atomic E-state index is 12.0. The first kappa shape index (κ1) is 20.6. The number of anilines is 1. The SMILES string of the molecule is CC(=O)Nc1sc2c(c1C(c1ccc(C(C)C)cc1)[NH+]1CCOCC1)CCCC2. The maximum atomic E-state index is 12.0. The van der Waals surface area contributed by atoms with Crippen LogP contribution in [0.4, 0.5) is 5.00 Å². The highest BCUT2D eigenvalue weighted by molar-refractivity contribution is 7.16. The molecule has 1 aromatic heterocycles. The quantitative estimate of drug-likeness (QED) is 0.785. The third-order valence-corrected chi connectivity index (χ3v) is 7.49. The minimum atomic E-state index is 0.0238. The molecule has 156 valence electrons. The molecule has 1 atom stereocenters. The fraction of sp³-hybridized carbons (Fsp3) is 0.542.